The number of rotatable bonds is 4. The molecule has 5 heterocycles. The van der Waals surface area contributed by atoms with Crippen LogP contribution in [0.1, 0.15) is 42.4 Å². The fourth-order valence-electron chi connectivity index (χ4n) is 6.36. The lowest BCUT2D eigenvalue weighted by Crippen LogP contribution is -2.59. The Morgan fingerprint density at radius 1 is 1.13 bits per heavy atom. The van der Waals surface area contributed by atoms with Crippen molar-refractivity contribution in [1.82, 2.24) is 40.8 Å². The number of nitrogens with zero attached hydrogens (tertiary/aromatic N) is 4. The van der Waals surface area contributed by atoms with Crippen LogP contribution in [-0.2, 0) is 22.6 Å². The maximum atomic E-state index is 13.8. The van der Waals surface area contributed by atoms with E-state index in [9.17, 15) is 19.2 Å². The molecule has 3 saturated heterocycles. The van der Waals surface area contributed by atoms with Crippen LogP contribution >= 0.6 is 0 Å². The standard InChI is InChI=1S/C26H34N8O4/c1-16-12-17-13-20(28-25(38)33-8-4-26(5-9-33)23(36)29-24(37)30-26)22(35)34(11-10-32-6-2-3-7-32)15-19(17)18-14-27-31-21(16)18/h12,14,20H,2-11,13,15H2,1H3,(H,27,31)(H,28,38)(H2,29,30,36,37)/t20-/m0/s1. The zero-order chi connectivity index (χ0) is 26.4. The first-order valence-corrected chi connectivity index (χ1v) is 13.5. The fourth-order valence-corrected chi connectivity index (χ4v) is 6.36. The molecule has 2 aromatic rings. The van der Waals surface area contributed by atoms with Crippen LogP contribution in [0.15, 0.2) is 12.3 Å². The molecule has 38 heavy (non-hydrogen) atoms. The molecule has 4 aliphatic rings. The summed E-state index contributed by atoms with van der Waals surface area (Å²) in [6, 6.07) is 0.577. The van der Waals surface area contributed by atoms with Gasteiger partial charge in [-0.2, -0.15) is 5.10 Å². The highest BCUT2D eigenvalue weighted by Crippen LogP contribution is 2.30. The summed E-state index contributed by atoms with van der Waals surface area (Å²) < 4.78 is 0. The lowest BCUT2D eigenvalue weighted by molar-refractivity contribution is -0.133. The van der Waals surface area contributed by atoms with E-state index in [-0.39, 0.29) is 17.8 Å². The minimum atomic E-state index is -0.954. The normalized spacial score (nSPS) is 23.5. The van der Waals surface area contributed by atoms with Crippen molar-refractivity contribution in [2.24, 2.45) is 0 Å². The van der Waals surface area contributed by atoms with Gasteiger partial charge >= 0.3 is 12.1 Å². The molecule has 12 nitrogen and oxygen atoms in total. The second-order valence-electron chi connectivity index (χ2n) is 11.0. The van der Waals surface area contributed by atoms with Crippen molar-refractivity contribution in [3.63, 3.8) is 0 Å². The van der Waals surface area contributed by atoms with Crippen molar-refractivity contribution < 1.29 is 19.2 Å². The van der Waals surface area contributed by atoms with Crippen LogP contribution in [0.3, 0.4) is 0 Å². The van der Waals surface area contributed by atoms with Gasteiger partial charge in [0.2, 0.25) is 5.91 Å². The quantitative estimate of drug-likeness (QED) is 0.433. The monoisotopic (exact) mass is 522 g/mol. The Morgan fingerprint density at radius 3 is 2.61 bits per heavy atom. The number of amides is 6. The van der Waals surface area contributed by atoms with Crippen LogP contribution in [0.5, 0.6) is 0 Å². The molecule has 1 aromatic heterocycles. The Balaban J connectivity index is 1.21. The van der Waals surface area contributed by atoms with Crippen LogP contribution in [0.25, 0.3) is 10.9 Å². The van der Waals surface area contributed by atoms with E-state index in [0.29, 0.717) is 45.4 Å². The number of carbonyl (C=O) groups is 4. The molecule has 0 unspecified atom stereocenters. The minimum absolute atomic E-state index is 0.0843. The summed E-state index contributed by atoms with van der Waals surface area (Å²) in [4.78, 5) is 57.0. The molecule has 0 aliphatic carbocycles. The number of hydrogen-bond donors (Lipinski definition) is 4. The van der Waals surface area contributed by atoms with Gasteiger partial charge in [-0.25, -0.2) is 9.59 Å². The number of likely N-dealkylation sites (tertiary alicyclic amines) is 2. The summed E-state index contributed by atoms with van der Waals surface area (Å²) in [6.45, 7) is 6.63. The Labute approximate surface area is 220 Å². The average molecular weight is 523 g/mol. The fraction of sp³-hybridized carbons (Fsp3) is 0.577. The number of aromatic amines is 1. The van der Waals surface area contributed by atoms with E-state index >= 15 is 0 Å². The van der Waals surface area contributed by atoms with E-state index in [0.717, 1.165) is 47.2 Å². The van der Waals surface area contributed by atoms with Crippen molar-refractivity contribution in [1.29, 1.82) is 0 Å². The van der Waals surface area contributed by atoms with Crippen molar-refractivity contribution in [2.75, 3.05) is 39.3 Å². The van der Waals surface area contributed by atoms with E-state index in [2.05, 4.69) is 37.1 Å². The number of piperidine rings is 1. The molecule has 1 atom stereocenters. The second-order valence-corrected chi connectivity index (χ2v) is 11.0. The number of nitrogens with one attached hydrogen (secondary N) is 4. The highest BCUT2D eigenvalue weighted by Gasteiger charge is 2.48. The molecule has 0 radical (unpaired) electrons. The first-order valence-electron chi connectivity index (χ1n) is 13.5. The maximum absolute atomic E-state index is 13.8. The molecule has 12 heteroatoms. The molecule has 6 rings (SSSR count). The lowest BCUT2D eigenvalue weighted by atomic mass is 9.88. The van der Waals surface area contributed by atoms with Crippen molar-refractivity contribution in [3.8, 4) is 0 Å². The largest absolute Gasteiger partial charge is 0.335 e. The SMILES string of the molecule is Cc1cc2c(c3cn[nH]c13)CN(CCN1CCCC1)C(=O)[C@@H](NC(=O)N1CCC3(CC1)NC(=O)NC3=O)C2. The van der Waals surface area contributed by atoms with E-state index in [1.54, 1.807) is 4.90 Å². The zero-order valence-electron chi connectivity index (χ0n) is 21.6. The Bertz CT molecular complexity index is 1290. The predicted molar refractivity (Wildman–Crippen MR) is 138 cm³/mol. The summed E-state index contributed by atoms with van der Waals surface area (Å²) in [5.74, 6) is -0.424. The van der Waals surface area contributed by atoms with Gasteiger partial charge in [-0.05, 0) is 62.4 Å². The van der Waals surface area contributed by atoms with Gasteiger partial charge in [0.25, 0.3) is 5.91 Å². The van der Waals surface area contributed by atoms with E-state index in [4.69, 9.17) is 0 Å². The van der Waals surface area contributed by atoms with Crippen LogP contribution in [0.2, 0.25) is 0 Å². The van der Waals surface area contributed by atoms with E-state index in [1.807, 2.05) is 18.0 Å². The number of benzene rings is 1. The zero-order valence-corrected chi connectivity index (χ0v) is 21.6. The highest BCUT2D eigenvalue weighted by atomic mass is 16.2. The Kier molecular flexibility index (Phi) is 6.21. The van der Waals surface area contributed by atoms with Gasteiger partial charge in [-0.1, -0.05) is 6.07 Å². The summed E-state index contributed by atoms with van der Waals surface area (Å²) in [7, 11) is 0. The van der Waals surface area contributed by atoms with Crippen molar-refractivity contribution in [2.45, 2.75) is 57.2 Å². The number of hydrogen-bond acceptors (Lipinski definition) is 6. The molecule has 3 fully saturated rings. The second kappa shape index (κ2) is 9.57. The number of H-pyrrole nitrogens is 1. The molecule has 202 valence electrons. The van der Waals surface area contributed by atoms with Gasteiger partial charge in [0.15, 0.2) is 0 Å². The van der Waals surface area contributed by atoms with Crippen LogP contribution in [0.4, 0.5) is 9.59 Å². The number of urea groups is 2. The van der Waals surface area contributed by atoms with E-state index < -0.39 is 17.6 Å². The van der Waals surface area contributed by atoms with Crippen molar-refractivity contribution in [3.05, 3.63) is 29.0 Å². The average Bonchev–Trinajstić information content (AvgIpc) is 3.63. The van der Waals surface area contributed by atoms with Crippen molar-refractivity contribution >= 4 is 34.8 Å². The topological polar surface area (TPSA) is 143 Å². The molecule has 0 saturated carbocycles. The molecule has 1 aromatic carbocycles. The highest BCUT2D eigenvalue weighted by molar-refractivity contribution is 6.07. The molecule has 4 aliphatic heterocycles. The minimum Gasteiger partial charge on any atom is -0.335 e. The Morgan fingerprint density at radius 2 is 1.89 bits per heavy atom. The first-order chi connectivity index (χ1) is 18.3. The number of imide groups is 1. The lowest BCUT2D eigenvalue weighted by Gasteiger charge is -2.37. The third-order valence-corrected chi connectivity index (χ3v) is 8.62. The van der Waals surface area contributed by atoms with Gasteiger partial charge in [-0.3, -0.25) is 20.0 Å². The van der Waals surface area contributed by atoms with Gasteiger partial charge in [0, 0.05) is 44.5 Å². The third kappa shape index (κ3) is 4.36. The molecule has 1 spiro atoms. The number of aromatic nitrogens is 2. The Hall–Kier alpha value is -3.67. The summed E-state index contributed by atoms with van der Waals surface area (Å²) in [5, 5.41) is 16.4. The van der Waals surface area contributed by atoms with Crippen LogP contribution in [-0.4, -0.2) is 99.6 Å². The first kappa shape index (κ1) is 24.7. The number of aryl methyl sites for hydroxylation is 1. The summed E-state index contributed by atoms with van der Waals surface area (Å²) in [5.41, 5.74) is 3.20. The summed E-state index contributed by atoms with van der Waals surface area (Å²) in [6.07, 6.45) is 5.26. The smallest absolute Gasteiger partial charge is 0.322 e. The van der Waals surface area contributed by atoms with Gasteiger partial charge in [0.05, 0.1) is 11.7 Å². The number of fused-ring (bicyclic) bond motifs is 3. The molecule has 6 amide bonds. The van der Waals surface area contributed by atoms with Crippen LogP contribution < -0.4 is 16.0 Å². The summed E-state index contributed by atoms with van der Waals surface area (Å²) >= 11 is 0. The van der Waals surface area contributed by atoms with Gasteiger partial charge < -0.3 is 25.3 Å². The third-order valence-electron chi connectivity index (χ3n) is 8.62. The van der Waals surface area contributed by atoms with Gasteiger partial charge in [-0.15, -0.1) is 0 Å². The van der Waals surface area contributed by atoms with Gasteiger partial charge in [0.1, 0.15) is 11.6 Å². The van der Waals surface area contributed by atoms with Crippen LogP contribution in [0, 0.1) is 6.92 Å². The molecule has 0 bridgehead atoms. The predicted octanol–water partition coefficient (Wildman–Crippen LogP) is 0.604. The molecular weight excluding hydrogens is 488 g/mol. The number of carbonyl (C=O) groups excluding carboxylic acids is 4. The molecular formula is C26H34N8O4. The maximum Gasteiger partial charge on any atom is 0.322 e. The molecule has 4 N–H and O–H groups in total. The van der Waals surface area contributed by atoms with E-state index in [1.165, 1.54) is 12.8 Å².